The van der Waals surface area contributed by atoms with Gasteiger partial charge in [0, 0.05) is 32.5 Å². The van der Waals surface area contributed by atoms with E-state index in [1.54, 1.807) is 0 Å². The Labute approximate surface area is 273 Å². The Morgan fingerprint density at radius 3 is 1.86 bits per heavy atom. The van der Waals surface area contributed by atoms with Crippen LogP contribution >= 0.6 is 0 Å². The number of guanidine groups is 1. The van der Waals surface area contributed by atoms with Gasteiger partial charge in [0.05, 0.1) is 6.54 Å². The molecule has 0 aromatic carbocycles. The first-order valence-electron chi connectivity index (χ1n) is 13.1. The topological polar surface area (TPSA) is 238 Å². The number of carboxylic acids is 1. The molecule has 0 unspecified atom stereocenters. The predicted octanol–water partition coefficient (Wildman–Crippen LogP) is -3.29. The average Bonchev–Trinajstić information content (AvgIpc) is 2.93. The summed E-state index contributed by atoms with van der Waals surface area (Å²) in [6.45, 7) is 1.54. The Morgan fingerprint density at radius 2 is 1.33 bits per heavy atom. The van der Waals surface area contributed by atoms with Crippen LogP contribution in [0.25, 0.3) is 0 Å². The summed E-state index contributed by atoms with van der Waals surface area (Å²) in [6, 6.07) is -1.95. The van der Waals surface area contributed by atoms with Gasteiger partial charge in [0.2, 0.25) is 23.6 Å². The number of amides is 4. The van der Waals surface area contributed by atoms with Crippen molar-refractivity contribution in [1.82, 2.24) is 26.2 Å². The Kier molecular flexibility index (Phi) is 28.0. The van der Waals surface area contributed by atoms with Crippen LogP contribution in [0, 0.1) is 0 Å². The first kappa shape index (κ1) is 42.2. The molecule has 19 heteroatoms. The van der Waals surface area contributed by atoms with Crippen molar-refractivity contribution in [1.29, 1.82) is 0 Å². The Morgan fingerprint density at radius 1 is 0.786 bits per heavy atom. The summed E-state index contributed by atoms with van der Waals surface area (Å²) < 4.78 is 8.22. The molecule has 0 fully saturated rings. The molecule has 0 aromatic rings. The van der Waals surface area contributed by atoms with E-state index >= 15 is 0 Å². The third-order valence-electron chi connectivity index (χ3n) is 5.35. The minimum absolute atomic E-state index is 0.0274. The number of hydrogen-bond acceptors (Lipinski definition) is 11. The van der Waals surface area contributed by atoms with Crippen LogP contribution in [0.15, 0.2) is 4.99 Å². The zero-order valence-corrected chi connectivity index (χ0v) is 27.6. The molecule has 0 bridgehead atoms. The number of nitrogens with one attached hydrogen (secondary N) is 4. The van der Waals surface area contributed by atoms with Crippen LogP contribution in [-0.2, 0) is 84.2 Å². The van der Waals surface area contributed by atoms with E-state index in [4.69, 9.17) is 58.0 Å². The summed E-state index contributed by atoms with van der Waals surface area (Å²) >= 11 is 15.7. The van der Waals surface area contributed by atoms with Gasteiger partial charge in [-0.1, -0.05) is 6.42 Å². The number of carbonyl (C=O) groups excluding carboxylic acids is 4. The summed E-state index contributed by atoms with van der Waals surface area (Å²) in [6.07, 6.45) is 0.638. The van der Waals surface area contributed by atoms with Crippen LogP contribution in [-0.4, -0.2) is 114 Å². The number of nitrogens with two attached hydrogens (primary N) is 2. The number of carboxylic acid groups (broad SMARTS) is 1. The van der Waals surface area contributed by atoms with Gasteiger partial charge in [-0.05, 0) is 32.4 Å². The third kappa shape index (κ3) is 23.6. The number of carbonyl (C=O) groups is 5. The number of aliphatic carboxylic acids is 1. The van der Waals surface area contributed by atoms with Gasteiger partial charge in [0.1, 0.15) is 12.1 Å². The monoisotopic (exact) mass is 736 g/mol. The molecule has 2 atom stereocenters. The molecule has 0 spiro atoms. The van der Waals surface area contributed by atoms with E-state index in [0.29, 0.717) is 49.7 Å². The van der Waals surface area contributed by atoms with Crippen molar-refractivity contribution in [2.75, 3.05) is 56.5 Å². The molecule has 0 aromatic heterocycles. The van der Waals surface area contributed by atoms with Gasteiger partial charge in [-0.3, -0.25) is 33.9 Å². The van der Waals surface area contributed by atoms with Gasteiger partial charge in [-0.2, -0.15) is 17.3 Å². The molecule has 0 heterocycles. The van der Waals surface area contributed by atoms with E-state index in [0.717, 1.165) is 18.9 Å². The number of rotatable bonds is 23. The van der Waals surface area contributed by atoms with Crippen LogP contribution in [0.3, 0.4) is 0 Å². The SMILES string of the molecule is NC(N)=NCCC[C@H](NC(=O)CN(CC[S-])CC[S-])C(=O)NCCC(=O)N[C@@H](CCC(=O)O)C(=O)NCCC[S-].[O]=[99Tc+3]. The quantitative estimate of drug-likeness (QED) is 0.0236. The van der Waals surface area contributed by atoms with Gasteiger partial charge in [0.25, 0.3) is 0 Å². The van der Waals surface area contributed by atoms with Crippen LogP contribution in [0.5, 0.6) is 0 Å². The molecule has 0 saturated heterocycles. The Balaban J connectivity index is 0. The van der Waals surface area contributed by atoms with Crippen LogP contribution in [0.4, 0.5) is 0 Å². The van der Waals surface area contributed by atoms with Gasteiger partial charge < -0.3 is 75.7 Å². The molecular weight excluding hydrogens is 695 g/mol. The van der Waals surface area contributed by atoms with E-state index < -0.39 is 35.8 Å². The van der Waals surface area contributed by atoms with Gasteiger partial charge in [0.15, 0.2) is 5.96 Å². The van der Waals surface area contributed by atoms with Crippen LogP contribution in [0.1, 0.15) is 38.5 Å². The first-order chi connectivity index (χ1) is 20.0. The summed E-state index contributed by atoms with van der Waals surface area (Å²) in [4.78, 5) is 66.9. The van der Waals surface area contributed by atoms with Crippen LogP contribution < -0.4 is 32.7 Å². The van der Waals surface area contributed by atoms with Crippen molar-refractivity contribution in [3.05, 3.63) is 0 Å². The van der Waals surface area contributed by atoms with E-state index in [-0.39, 0.29) is 57.2 Å². The predicted molar refractivity (Wildman–Crippen MR) is 160 cm³/mol. The molecule has 0 rings (SSSR count). The maximum atomic E-state index is 12.9. The average molecular weight is 737 g/mol. The standard InChI is InChI=1S/C23H44N8O6S3.O.Tc/c24-23(25)28-7-1-3-16(30-19(33)15-31(10-13-39)11-14-40)21(36)27-9-6-18(32)29-17(4-5-20(34)35)22(37)26-8-2-12-38;;/h16-17,38-40H,1-15H2,(H,26,37)(H,27,36)(H,29,32)(H,30,33)(H,34,35)(H4,24,25,28);;/q;;+3/p-3/t16-,17-;;/m0../s1/i;;1+1. The molecule has 0 radical (unpaired) electrons. The van der Waals surface area contributed by atoms with Crippen LogP contribution in [0.2, 0.25) is 0 Å². The number of aliphatic imine (C=N–C) groups is 1. The molecule has 42 heavy (non-hydrogen) atoms. The zero-order chi connectivity index (χ0) is 32.3. The van der Waals surface area contributed by atoms with E-state index in [2.05, 4.69) is 26.3 Å². The van der Waals surface area contributed by atoms with Crippen molar-refractivity contribution < 1.29 is 51.4 Å². The van der Waals surface area contributed by atoms with E-state index in [1.165, 1.54) is 0 Å². The van der Waals surface area contributed by atoms with E-state index in [1.807, 2.05) is 4.90 Å². The molecule has 240 valence electrons. The second kappa shape index (κ2) is 27.9. The van der Waals surface area contributed by atoms with Gasteiger partial charge in [-0.25, -0.2) is 0 Å². The second-order valence-electron chi connectivity index (χ2n) is 8.70. The van der Waals surface area contributed by atoms with Crippen molar-refractivity contribution in [3.63, 3.8) is 0 Å². The summed E-state index contributed by atoms with van der Waals surface area (Å²) in [7, 11) is 0. The molecule has 0 aliphatic heterocycles. The molecule has 0 aliphatic carbocycles. The van der Waals surface area contributed by atoms with Crippen molar-refractivity contribution >= 4 is 73.4 Å². The minimum atomic E-state index is -1.10. The van der Waals surface area contributed by atoms with Gasteiger partial charge >= 0.3 is 28.3 Å². The summed E-state index contributed by atoms with van der Waals surface area (Å²) in [5.41, 5.74) is 10.7. The number of nitrogens with zero attached hydrogens (tertiary/aromatic N) is 2. The normalized spacial score (nSPS) is 11.7. The molecule has 9 N–H and O–H groups in total. The summed E-state index contributed by atoms with van der Waals surface area (Å²) in [5, 5.41) is 19.4. The fourth-order valence-electron chi connectivity index (χ4n) is 3.38. The van der Waals surface area contributed by atoms with Crippen molar-refractivity contribution in [2.24, 2.45) is 16.5 Å². The fourth-order valence-corrected chi connectivity index (χ4v) is 4.04. The molecule has 15 nitrogen and oxygen atoms in total. The first-order valence-corrected chi connectivity index (χ1v) is 15.6. The zero-order valence-electron chi connectivity index (χ0n) is 23.3. The molecule has 0 saturated carbocycles. The molecular formula is C23H41N8O7S3Tc. The molecule has 4 amide bonds. The van der Waals surface area contributed by atoms with Crippen molar-refractivity contribution in [2.45, 2.75) is 50.6 Å². The van der Waals surface area contributed by atoms with Gasteiger partial charge in [-0.15, -0.1) is 0 Å². The van der Waals surface area contributed by atoms with Crippen molar-refractivity contribution in [3.8, 4) is 0 Å². The fraction of sp³-hybridized carbons (Fsp3) is 0.739. The second-order valence-corrected chi connectivity index (χ2v) is 9.92. The Bertz CT molecular complexity index is 851. The Hall–Kier alpha value is -1.92. The maximum absolute atomic E-state index is 12.9. The molecule has 0 aliphatic rings. The summed E-state index contributed by atoms with van der Waals surface area (Å²) in [5.74, 6) is -1.82. The van der Waals surface area contributed by atoms with E-state index in [9.17, 15) is 24.0 Å². The third-order valence-corrected chi connectivity index (χ3v) is 6.00. The number of hydrogen-bond donors (Lipinski definition) is 7.